The van der Waals surface area contributed by atoms with Gasteiger partial charge in [0.25, 0.3) is 0 Å². The Balaban J connectivity index is -0.0000000522. The van der Waals surface area contributed by atoms with Crippen LogP contribution in [0, 0.1) is 0 Å². The molecule has 0 fully saturated rings. The van der Waals surface area contributed by atoms with Gasteiger partial charge >= 0.3 is 115 Å². The van der Waals surface area contributed by atoms with E-state index in [1.165, 1.54) is 11.8 Å². The van der Waals surface area contributed by atoms with Crippen LogP contribution in [0.2, 0.25) is 0 Å². The normalized spacial score (nSPS) is 9.35. The largest absolute Gasteiger partial charge is 1.00 e. The molecule has 0 amide bonds. The number of ether oxygens (including phenoxy) is 3. The third-order valence-corrected chi connectivity index (χ3v) is 4.74. The maximum Gasteiger partial charge on any atom is 1.00 e. The summed E-state index contributed by atoms with van der Waals surface area (Å²) in [6.07, 6.45) is 1.91. The fraction of sp³-hybridized carbons (Fsp3) is 0.769. The topological polar surface area (TPSA) is 125 Å². The van der Waals surface area contributed by atoms with Crippen LogP contribution in [0.3, 0.4) is 0 Å². The van der Waals surface area contributed by atoms with E-state index in [2.05, 4.69) is 71.9 Å². The second-order valence-corrected chi connectivity index (χ2v) is 16.5. The van der Waals surface area contributed by atoms with Crippen LogP contribution in [0.1, 0.15) is 83.1 Å². The molecule has 264 valence electrons. The summed E-state index contributed by atoms with van der Waals surface area (Å²) < 4.78 is 18.8. The number of hydrogen-bond acceptors (Lipinski definition) is 13. The molecule has 0 aromatic carbocycles. The zero-order chi connectivity index (χ0) is 37.5. The Morgan fingerprint density at radius 1 is 0.761 bits per heavy atom. The molecule has 0 aromatic heterocycles. The third kappa shape index (κ3) is 135. The van der Waals surface area contributed by atoms with E-state index in [0.29, 0.717) is 8.77 Å². The van der Waals surface area contributed by atoms with Crippen molar-refractivity contribution in [1.82, 2.24) is 0 Å². The summed E-state index contributed by atoms with van der Waals surface area (Å²) in [6.45, 7) is 22.2. The molecule has 20 heteroatoms. The molecule has 0 atom stereocenters. The Bertz CT molecular complexity index is 819. The molecule has 0 aliphatic rings. The van der Waals surface area contributed by atoms with Crippen molar-refractivity contribution in [2.24, 2.45) is 0 Å². The van der Waals surface area contributed by atoms with Crippen LogP contribution in [0.25, 0.3) is 0 Å². The van der Waals surface area contributed by atoms with E-state index in [9.17, 15) is 14.7 Å². The number of alkyl halides is 2. The number of carbonyl (C=O) groups is 2. The molecule has 0 saturated carbocycles. The van der Waals surface area contributed by atoms with Gasteiger partial charge in [-0.1, -0.05) is 102 Å². The van der Waals surface area contributed by atoms with Gasteiger partial charge in [0.15, 0.2) is 0 Å². The summed E-state index contributed by atoms with van der Waals surface area (Å²) in [7, 11) is 0. The van der Waals surface area contributed by atoms with Gasteiger partial charge in [-0.05, 0) is 135 Å². The molecule has 0 spiro atoms. The maximum atomic E-state index is 10.1. The van der Waals surface area contributed by atoms with Gasteiger partial charge in [0.1, 0.15) is 16.8 Å². The molecule has 0 radical (unpaired) electrons. The number of thiocarbonyl (C=S) groups is 5. The van der Waals surface area contributed by atoms with E-state index in [0.717, 1.165) is 11.8 Å². The Labute approximate surface area is 432 Å². The second kappa shape index (κ2) is 44.0. The molecule has 46 heavy (non-hydrogen) atoms. The predicted molar refractivity (Wildman–Crippen MR) is 229 cm³/mol. The van der Waals surface area contributed by atoms with Crippen LogP contribution < -0.4 is 108 Å². The Morgan fingerprint density at radius 3 is 1.11 bits per heavy atom. The number of hydrogen-bond donors (Lipinski definition) is 3. The van der Waals surface area contributed by atoms with E-state index < -0.39 is 17.5 Å². The fourth-order valence-electron chi connectivity index (χ4n) is 0.954. The van der Waals surface area contributed by atoms with Gasteiger partial charge in [0.05, 0.1) is 10.2 Å². The van der Waals surface area contributed by atoms with E-state index in [4.69, 9.17) is 48.9 Å². The molecule has 0 aliphatic carbocycles. The van der Waals surface area contributed by atoms with E-state index >= 15 is 0 Å². The average molecular weight is 1080 g/mol. The fourth-order valence-corrected chi connectivity index (χ4v) is 3.04. The average Bonchev–Trinajstić information content (AvgIpc) is 2.76. The second-order valence-electron chi connectivity index (χ2n) is 11.0. The minimum Gasteiger partial charge on any atom is -0.850 e. The maximum absolute atomic E-state index is 10.1. The first-order valence-electron chi connectivity index (χ1n) is 12.0. The first-order chi connectivity index (χ1) is 19.4. The summed E-state index contributed by atoms with van der Waals surface area (Å²) in [4.78, 5) is 21.5. The van der Waals surface area contributed by atoms with Gasteiger partial charge in [-0.15, -0.1) is 5.60 Å². The van der Waals surface area contributed by atoms with E-state index in [1.54, 1.807) is 43.4 Å². The van der Waals surface area contributed by atoms with Crippen molar-refractivity contribution in [1.29, 1.82) is 0 Å². The number of carboxylic acids is 2. The predicted octanol–water partition coefficient (Wildman–Crippen LogP) is 3.10. The first kappa shape index (κ1) is 71.9. The summed E-state index contributed by atoms with van der Waals surface area (Å²) in [6, 6.07) is 0. The Morgan fingerprint density at radius 2 is 1.00 bits per heavy atom. The Kier molecular flexibility index (Phi) is 68.7. The molecule has 8 nitrogen and oxygen atoms in total. The number of thioether (sulfide) groups is 2. The van der Waals surface area contributed by atoms with Crippen molar-refractivity contribution in [3.63, 3.8) is 0 Å². The van der Waals surface area contributed by atoms with Crippen LogP contribution in [0.4, 0.5) is 0 Å². The van der Waals surface area contributed by atoms with Crippen molar-refractivity contribution in [2.75, 3.05) is 21.4 Å². The van der Waals surface area contributed by atoms with Crippen molar-refractivity contribution in [2.45, 2.75) is 105 Å². The van der Waals surface area contributed by atoms with Gasteiger partial charge in [-0.2, -0.15) is 0 Å². The molecule has 0 unspecified atom stereocenters. The zero-order valence-corrected chi connectivity index (χ0v) is 47.0. The van der Waals surface area contributed by atoms with Gasteiger partial charge in [-0.3, -0.25) is 9.59 Å². The quantitative estimate of drug-likeness (QED) is 0.126. The smallest absolute Gasteiger partial charge is 0.850 e. The van der Waals surface area contributed by atoms with Crippen LogP contribution in [-0.4, -0.2) is 83.4 Å². The number of carboxylic acid groups (broad SMARTS) is 2. The number of thiol groups is 1. The molecular weight excluding hydrogens is 1030 g/mol. The van der Waals surface area contributed by atoms with Crippen molar-refractivity contribution in [3.8, 4) is 0 Å². The van der Waals surface area contributed by atoms with Crippen LogP contribution in [0.5, 0.6) is 0 Å². The van der Waals surface area contributed by atoms with E-state index in [-0.39, 0.29) is 134 Å². The minimum absolute atomic E-state index is 0. The molecule has 0 aliphatic heterocycles. The minimum atomic E-state index is -0.889. The number of halogens is 2. The molecular formula is C26H49I2K2O8S8+. The number of aliphatic carboxylic acids is 2. The molecule has 0 aromatic rings. The molecule has 2 N–H and O–H groups in total. The summed E-state index contributed by atoms with van der Waals surface area (Å²) in [5.74, 6) is -1.69. The summed E-state index contributed by atoms with van der Waals surface area (Å²) in [5.41, 5.74) is -1.43. The van der Waals surface area contributed by atoms with Gasteiger partial charge in [-0.25, -0.2) is 0 Å². The van der Waals surface area contributed by atoms with Crippen molar-refractivity contribution in [3.05, 3.63) is 0 Å². The third-order valence-electron chi connectivity index (χ3n) is 1.77. The van der Waals surface area contributed by atoms with E-state index in [1.807, 2.05) is 77.8 Å². The van der Waals surface area contributed by atoms with Crippen LogP contribution in [-0.2, 0) is 23.8 Å². The zero-order valence-electron chi connectivity index (χ0n) is 29.8. The molecule has 0 bridgehead atoms. The molecule has 0 rings (SSSR count). The van der Waals surface area contributed by atoms with Gasteiger partial charge in [0.2, 0.25) is 13.1 Å². The monoisotopic (exact) mass is 1080 g/mol. The van der Waals surface area contributed by atoms with Crippen molar-refractivity contribution >= 4 is 172 Å². The molecule has 0 saturated heterocycles. The number of rotatable bonds is 3. The SMILES string of the molecule is CC(C)(C)OC(=S)S.CC(C)(C)OC(=S)SCC(=O)O.CC(C)(C)[O-].CI.CSC(=S)OC(C)(C)C.O=C(O)CI.S=C=S.[K+].[K+]. The van der Waals surface area contributed by atoms with Crippen molar-refractivity contribution < 1.29 is 142 Å². The van der Waals surface area contributed by atoms with Crippen LogP contribution >= 0.6 is 142 Å². The molecule has 0 heterocycles. The van der Waals surface area contributed by atoms with Gasteiger partial charge < -0.3 is 29.5 Å². The standard InChI is InChI=1S/C7H12O3S2.C6H12OS2.C5H10OS2.C4H9O.C2H3IO2.CH3I.CS2.2K/c1-7(2,3)10-6(11)12-4-5(8)9;1-6(2,3)7-5(8)9-4;1-5(2,3)6-4(7)8;1-4(2,3)5;3-1-2(4)5;1-2;2-1-3;;/h4H2,1-3H3,(H,8,9);1-4H3;1-3H3,(H,7,8);1-3H3;1H2,(H,4,5);1H3;;;/q;;;-1;;;;2*+1. The summed E-state index contributed by atoms with van der Waals surface area (Å²) in [5, 5.41) is 26.1. The first-order valence-corrected chi connectivity index (χ1v) is 20.4. The summed E-state index contributed by atoms with van der Waals surface area (Å²) >= 11 is 32.4. The van der Waals surface area contributed by atoms with Gasteiger partial charge in [0, 0.05) is 4.31 Å². The Hall–Kier alpha value is 4.57. The van der Waals surface area contributed by atoms with Crippen LogP contribution in [0.15, 0.2) is 0 Å².